The molecule has 4 heteroatoms. The maximum atomic E-state index is 11.8. The summed E-state index contributed by atoms with van der Waals surface area (Å²) in [7, 11) is 0. The highest BCUT2D eigenvalue weighted by molar-refractivity contribution is 5.92. The Bertz CT molecular complexity index is 666. The highest BCUT2D eigenvalue weighted by atomic mass is 16.5. The second-order valence-electron chi connectivity index (χ2n) is 4.97. The van der Waals surface area contributed by atoms with E-state index in [1.807, 2.05) is 26.0 Å². The van der Waals surface area contributed by atoms with Crippen LogP contribution in [0.5, 0.6) is 0 Å². The summed E-state index contributed by atoms with van der Waals surface area (Å²) in [6.07, 6.45) is 0. The van der Waals surface area contributed by atoms with Gasteiger partial charge in [0.2, 0.25) is 0 Å². The molecule has 2 aromatic carbocycles. The summed E-state index contributed by atoms with van der Waals surface area (Å²) in [5, 5.41) is 3.29. The normalized spacial score (nSPS) is 10.2. The van der Waals surface area contributed by atoms with Crippen molar-refractivity contribution in [2.45, 2.75) is 20.8 Å². The van der Waals surface area contributed by atoms with Crippen LogP contribution in [0.25, 0.3) is 0 Å². The van der Waals surface area contributed by atoms with Crippen LogP contribution in [0.1, 0.15) is 28.4 Å². The van der Waals surface area contributed by atoms with Crippen LogP contribution in [0.3, 0.4) is 0 Å². The second kappa shape index (κ2) is 6.31. The molecule has 0 spiro atoms. The van der Waals surface area contributed by atoms with Crippen LogP contribution in [-0.4, -0.2) is 12.6 Å². The van der Waals surface area contributed by atoms with Gasteiger partial charge in [0.15, 0.2) is 0 Å². The topological polar surface area (TPSA) is 64.3 Å². The van der Waals surface area contributed by atoms with Crippen LogP contribution >= 0.6 is 0 Å². The first-order valence-electron chi connectivity index (χ1n) is 6.92. The molecular formula is C17H20N2O2. The molecule has 0 aliphatic heterocycles. The van der Waals surface area contributed by atoms with Gasteiger partial charge in [-0.1, -0.05) is 12.1 Å². The van der Waals surface area contributed by atoms with Crippen LogP contribution in [0, 0.1) is 13.8 Å². The molecule has 0 amide bonds. The number of hydrogen-bond donors (Lipinski definition) is 2. The van der Waals surface area contributed by atoms with E-state index in [-0.39, 0.29) is 5.97 Å². The van der Waals surface area contributed by atoms with Crippen molar-refractivity contribution >= 4 is 23.0 Å². The number of esters is 1. The monoisotopic (exact) mass is 284 g/mol. The van der Waals surface area contributed by atoms with E-state index in [0.29, 0.717) is 23.5 Å². The van der Waals surface area contributed by atoms with Gasteiger partial charge in [-0.25, -0.2) is 4.79 Å². The van der Waals surface area contributed by atoms with Gasteiger partial charge < -0.3 is 15.8 Å². The Morgan fingerprint density at radius 1 is 1.14 bits per heavy atom. The molecule has 0 atom stereocenters. The number of nitrogens with two attached hydrogens (primary N) is 1. The van der Waals surface area contributed by atoms with E-state index in [9.17, 15) is 4.79 Å². The molecule has 0 bridgehead atoms. The molecule has 0 saturated carbocycles. The van der Waals surface area contributed by atoms with E-state index in [0.717, 1.165) is 16.8 Å². The molecule has 0 unspecified atom stereocenters. The zero-order chi connectivity index (χ0) is 15.4. The first-order chi connectivity index (χ1) is 10.0. The lowest BCUT2D eigenvalue weighted by molar-refractivity contribution is 0.0526. The van der Waals surface area contributed by atoms with Gasteiger partial charge in [-0.05, 0) is 56.2 Å². The first kappa shape index (κ1) is 14.9. The summed E-state index contributed by atoms with van der Waals surface area (Å²) in [5.74, 6) is -0.346. The van der Waals surface area contributed by atoms with Crippen molar-refractivity contribution in [1.29, 1.82) is 0 Å². The lowest BCUT2D eigenvalue weighted by Gasteiger charge is -2.13. The van der Waals surface area contributed by atoms with Gasteiger partial charge >= 0.3 is 5.97 Å². The molecular weight excluding hydrogens is 264 g/mol. The van der Waals surface area contributed by atoms with Crippen molar-refractivity contribution in [2.24, 2.45) is 0 Å². The highest BCUT2D eigenvalue weighted by Gasteiger charge is 2.10. The fraction of sp³-hybridized carbons (Fsp3) is 0.235. The van der Waals surface area contributed by atoms with E-state index in [4.69, 9.17) is 10.5 Å². The fourth-order valence-corrected chi connectivity index (χ4v) is 2.02. The third kappa shape index (κ3) is 3.54. The van der Waals surface area contributed by atoms with Gasteiger partial charge in [-0.3, -0.25) is 0 Å². The maximum Gasteiger partial charge on any atom is 0.338 e. The van der Waals surface area contributed by atoms with Gasteiger partial charge in [0, 0.05) is 5.69 Å². The number of rotatable bonds is 4. The van der Waals surface area contributed by atoms with Gasteiger partial charge in [0.25, 0.3) is 0 Å². The first-order valence-corrected chi connectivity index (χ1v) is 6.92. The van der Waals surface area contributed by atoms with Crippen molar-refractivity contribution in [3.63, 3.8) is 0 Å². The standard InChI is InChI=1S/C17H20N2O2/c1-4-21-17(20)13-7-8-14(18)16(10-13)19-15-9-11(2)5-6-12(15)3/h5-10,19H,4,18H2,1-3H3. The third-order valence-corrected chi connectivity index (χ3v) is 3.23. The van der Waals surface area contributed by atoms with E-state index in [1.165, 1.54) is 0 Å². The molecule has 21 heavy (non-hydrogen) atoms. The smallest absolute Gasteiger partial charge is 0.338 e. The van der Waals surface area contributed by atoms with E-state index >= 15 is 0 Å². The SMILES string of the molecule is CCOC(=O)c1ccc(N)c(Nc2cc(C)ccc2C)c1. The molecule has 4 nitrogen and oxygen atoms in total. The summed E-state index contributed by atoms with van der Waals surface area (Å²) in [6, 6.07) is 11.2. The minimum atomic E-state index is -0.346. The van der Waals surface area contributed by atoms with E-state index in [1.54, 1.807) is 25.1 Å². The van der Waals surface area contributed by atoms with Gasteiger partial charge in [0.1, 0.15) is 0 Å². The Kier molecular flexibility index (Phi) is 4.48. The Morgan fingerprint density at radius 3 is 2.62 bits per heavy atom. The Balaban J connectivity index is 2.33. The van der Waals surface area contributed by atoms with Gasteiger partial charge in [-0.15, -0.1) is 0 Å². The number of aryl methyl sites for hydroxylation is 2. The number of nitrogen functional groups attached to an aromatic ring is 1. The number of carbonyl (C=O) groups excluding carboxylic acids is 1. The molecule has 0 aromatic heterocycles. The third-order valence-electron chi connectivity index (χ3n) is 3.23. The Labute approximate surface area is 124 Å². The van der Waals surface area contributed by atoms with E-state index in [2.05, 4.69) is 11.4 Å². The molecule has 0 saturated heterocycles. The predicted molar refractivity (Wildman–Crippen MR) is 86.0 cm³/mol. The molecule has 2 rings (SSSR count). The Hall–Kier alpha value is -2.49. The van der Waals surface area contributed by atoms with Crippen molar-refractivity contribution in [3.8, 4) is 0 Å². The van der Waals surface area contributed by atoms with E-state index < -0.39 is 0 Å². The molecule has 0 fully saturated rings. The van der Waals surface area contributed by atoms with Crippen LogP contribution in [0.2, 0.25) is 0 Å². The molecule has 0 aliphatic rings. The Morgan fingerprint density at radius 2 is 1.90 bits per heavy atom. The fourth-order valence-electron chi connectivity index (χ4n) is 2.02. The van der Waals surface area contributed by atoms with Crippen LogP contribution in [-0.2, 0) is 4.74 Å². The van der Waals surface area contributed by atoms with Gasteiger partial charge in [-0.2, -0.15) is 0 Å². The summed E-state index contributed by atoms with van der Waals surface area (Å²) in [6.45, 7) is 6.18. The summed E-state index contributed by atoms with van der Waals surface area (Å²) in [5.41, 5.74) is 11.0. The summed E-state index contributed by atoms with van der Waals surface area (Å²) < 4.78 is 5.01. The molecule has 0 radical (unpaired) electrons. The largest absolute Gasteiger partial charge is 0.462 e. The van der Waals surface area contributed by atoms with Gasteiger partial charge in [0.05, 0.1) is 23.5 Å². The van der Waals surface area contributed by atoms with Crippen LogP contribution in [0.4, 0.5) is 17.1 Å². The lowest BCUT2D eigenvalue weighted by atomic mass is 10.1. The minimum absolute atomic E-state index is 0.346. The zero-order valence-electron chi connectivity index (χ0n) is 12.6. The molecule has 0 heterocycles. The van der Waals surface area contributed by atoms with Crippen molar-refractivity contribution < 1.29 is 9.53 Å². The number of nitrogens with one attached hydrogen (secondary N) is 1. The quantitative estimate of drug-likeness (QED) is 0.662. The number of benzene rings is 2. The van der Waals surface area contributed by atoms with Crippen molar-refractivity contribution in [2.75, 3.05) is 17.7 Å². The number of ether oxygens (including phenoxy) is 1. The molecule has 0 aliphatic carbocycles. The molecule has 2 aromatic rings. The number of hydrogen-bond acceptors (Lipinski definition) is 4. The van der Waals surface area contributed by atoms with Crippen LogP contribution < -0.4 is 11.1 Å². The van der Waals surface area contributed by atoms with Crippen molar-refractivity contribution in [1.82, 2.24) is 0 Å². The number of carbonyl (C=O) groups is 1. The lowest BCUT2D eigenvalue weighted by Crippen LogP contribution is -2.06. The van der Waals surface area contributed by atoms with Crippen LogP contribution in [0.15, 0.2) is 36.4 Å². The second-order valence-corrected chi connectivity index (χ2v) is 4.97. The minimum Gasteiger partial charge on any atom is -0.462 e. The zero-order valence-corrected chi connectivity index (χ0v) is 12.6. The number of anilines is 3. The molecule has 110 valence electrons. The van der Waals surface area contributed by atoms with Crippen molar-refractivity contribution in [3.05, 3.63) is 53.1 Å². The summed E-state index contributed by atoms with van der Waals surface area (Å²) in [4.78, 5) is 11.8. The maximum absolute atomic E-state index is 11.8. The highest BCUT2D eigenvalue weighted by Crippen LogP contribution is 2.27. The average molecular weight is 284 g/mol. The average Bonchev–Trinajstić information content (AvgIpc) is 2.45. The predicted octanol–water partition coefficient (Wildman–Crippen LogP) is 3.81. The summed E-state index contributed by atoms with van der Waals surface area (Å²) >= 11 is 0. The molecule has 3 N–H and O–H groups in total.